The number of ether oxygens (including phenoxy) is 1. The monoisotopic (exact) mass is 352 g/mol. The van der Waals surface area contributed by atoms with Gasteiger partial charge in [-0.25, -0.2) is 0 Å². The number of halogens is 1. The van der Waals surface area contributed by atoms with Crippen LogP contribution in [0.4, 0.5) is 0 Å². The lowest BCUT2D eigenvalue weighted by Gasteiger charge is -2.39. The second kappa shape index (κ2) is 8.19. The van der Waals surface area contributed by atoms with E-state index in [-0.39, 0.29) is 17.7 Å². The molecule has 24 heavy (non-hydrogen) atoms. The van der Waals surface area contributed by atoms with Gasteiger partial charge in [-0.15, -0.1) is 0 Å². The zero-order chi connectivity index (χ0) is 16.9. The summed E-state index contributed by atoms with van der Waals surface area (Å²) >= 11 is 5.95. The summed E-state index contributed by atoms with van der Waals surface area (Å²) in [5, 5.41) is 9.80. The molecule has 2 saturated heterocycles. The highest BCUT2D eigenvalue weighted by Crippen LogP contribution is 2.25. The zero-order valence-electron chi connectivity index (χ0n) is 13.9. The molecule has 2 aliphatic rings. The minimum absolute atomic E-state index is 0.0519. The highest BCUT2D eigenvalue weighted by Gasteiger charge is 2.28. The number of likely N-dealkylation sites (tertiary alicyclic amines) is 1. The fourth-order valence-corrected chi connectivity index (χ4v) is 3.74. The molecule has 1 aromatic carbocycles. The molecule has 5 nitrogen and oxygen atoms in total. The topological polar surface area (TPSA) is 53.0 Å². The molecule has 1 aromatic rings. The molecule has 2 aliphatic heterocycles. The summed E-state index contributed by atoms with van der Waals surface area (Å²) in [6.45, 7) is 5.24. The fraction of sp³-hybridized carbons (Fsp3) is 0.611. The second-order valence-electron chi connectivity index (χ2n) is 6.61. The van der Waals surface area contributed by atoms with Gasteiger partial charge in [0.05, 0.1) is 24.7 Å². The van der Waals surface area contributed by atoms with Gasteiger partial charge in [-0.1, -0.05) is 17.7 Å². The summed E-state index contributed by atoms with van der Waals surface area (Å²) < 4.78 is 5.41. The lowest BCUT2D eigenvalue weighted by atomic mass is 10.00. The number of aromatic hydroxyl groups is 1. The van der Waals surface area contributed by atoms with Crippen molar-refractivity contribution in [3.63, 3.8) is 0 Å². The molecule has 2 fully saturated rings. The Morgan fingerprint density at radius 1 is 1.25 bits per heavy atom. The molecule has 1 amide bonds. The Kier molecular flexibility index (Phi) is 5.98. The van der Waals surface area contributed by atoms with E-state index in [0.717, 1.165) is 57.8 Å². The van der Waals surface area contributed by atoms with Crippen LogP contribution >= 0.6 is 11.6 Å². The molecule has 0 saturated carbocycles. The van der Waals surface area contributed by atoms with Crippen LogP contribution < -0.4 is 0 Å². The largest absolute Gasteiger partial charge is 0.506 e. The van der Waals surface area contributed by atoms with Gasteiger partial charge in [-0.3, -0.25) is 9.69 Å². The molecule has 6 heteroatoms. The predicted molar refractivity (Wildman–Crippen MR) is 93.4 cm³/mol. The highest BCUT2D eigenvalue weighted by molar-refractivity contribution is 6.32. The molecule has 1 unspecified atom stereocenters. The molecule has 0 aliphatic carbocycles. The fourth-order valence-electron chi connectivity index (χ4n) is 3.54. The first-order chi connectivity index (χ1) is 11.6. The molecule has 0 aromatic heterocycles. The van der Waals surface area contributed by atoms with Crippen LogP contribution in [0.15, 0.2) is 18.2 Å². The third-order valence-electron chi connectivity index (χ3n) is 4.89. The molecular weight excluding hydrogens is 328 g/mol. The van der Waals surface area contributed by atoms with Crippen molar-refractivity contribution in [2.45, 2.75) is 31.7 Å². The molecule has 1 N–H and O–H groups in total. The summed E-state index contributed by atoms with van der Waals surface area (Å²) in [4.78, 5) is 17.2. The Labute approximate surface area is 148 Å². The van der Waals surface area contributed by atoms with Crippen LogP contribution in [0.25, 0.3) is 0 Å². The molecular formula is C18H25ClN2O3. The third-order valence-corrected chi connectivity index (χ3v) is 5.19. The average Bonchev–Trinajstić information content (AvgIpc) is 2.59. The van der Waals surface area contributed by atoms with Gasteiger partial charge in [0, 0.05) is 32.2 Å². The van der Waals surface area contributed by atoms with Crippen LogP contribution in [0.2, 0.25) is 5.02 Å². The molecule has 0 radical (unpaired) electrons. The van der Waals surface area contributed by atoms with Crippen molar-refractivity contribution in [2.75, 3.05) is 39.4 Å². The van der Waals surface area contributed by atoms with Gasteiger partial charge >= 0.3 is 0 Å². The van der Waals surface area contributed by atoms with Gasteiger partial charge in [0.25, 0.3) is 0 Å². The van der Waals surface area contributed by atoms with E-state index in [0.29, 0.717) is 11.4 Å². The zero-order valence-corrected chi connectivity index (χ0v) is 14.7. The number of morpholine rings is 1. The number of rotatable bonds is 4. The number of carbonyl (C=O) groups excluding carboxylic acids is 1. The molecule has 1 atom stereocenters. The van der Waals surface area contributed by atoms with E-state index in [1.165, 1.54) is 6.42 Å². The SMILES string of the molecule is O=C(Cc1ccc(O)c(Cl)c1)N1CCCCC1CN1CCOCC1. The number of phenolic OH excluding ortho intramolecular Hbond substituents is 1. The Morgan fingerprint density at radius 2 is 2.04 bits per heavy atom. The number of hydrogen-bond donors (Lipinski definition) is 1. The standard InChI is InChI=1S/C18H25ClN2O3/c19-16-11-14(4-5-17(16)22)12-18(23)21-6-2-1-3-15(21)13-20-7-9-24-10-8-20/h4-5,11,15,22H,1-3,6-10,12-13H2. The first-order valence-corrected chi connectivity index (χ1v) is 9.08. The van der Waals surface area contributed by atoms with Crippen LogP contribution in [0.5, 0.6) is 5.75 Å². The van der Waals surface area contributed by atoms with E-state index in [2.05, 4.69) is 4.90 Å². The minimum Gasteiger partial charge on any atom is -0.506 e. The van der Waals surface area contributed by atoms with Gasteiger partial charge in [0.2, 0.25) is 5.91 Å². The molecule has 2 heterocycles. The van der Waals surface area contributed by atoms with Crippen LogP contribution in [0.3, 0.4) is 0 Å². The Hall–Kier alpha value is -1.30. The van der Waals surface area contributed by atoms with Crippen molar-refractivity contribution in [1.82, 2.24) is 9.80 Å². The van der Waals surface area contributed by atoms with Gasteiger partial charge < -0.3 is 14.7 Å². The minimum atomic E-state index is 0.0519. The van der Waals surface area contributed by atoms with Crippen molar-refractivity contribution >= 4 is 17.5 Å². The molecule has 0 bridgehead atoms. The maximum Gasteiger partial charge on any atom is 0.227 e. The number of phenols is 1. The van der Waals surface area contributed by atoms with E-state index in [1.54, 1.807) is 18.2 Å². The molecule has 132 valence electrons. The van der Waals surface area contributed by atoms with E-state index in [9.17, 15) is 9.90 Å². The normalized spacial score (nSPS) is 22.5. The third kappa shape index (κ3) is 4.41. The van der Waals surface area contributed by atoms with E-state index in [4.69, 9.17) is 16.3 Å². The lowest BCUT2D eigenvalue weighted by molar-refractivity contribution is -0.134. The van der Waals surface area contributed by atoms with Crippen molar-refractivity contribution < 1.29 is 14.6 Å². The number of carbonyl (C=O) groups is 1. The first-order valence-electron chi connectivity index (χ1n) is 8.70. The summed E-state index contributed by atoms with van der Waals surface area (Å²) in [5.74, 6) is 0.200. The maximum absolute atomic E-state index is 12.8. The number of amides is 1. The van der Waals surface area contributed by atoms with Gasteiger partial charge in [-0.05, 0) is 37.0 Å². The Morgan fingerprint density at radius 3 is 2.79 bits per heavy atom. The van der Waals surface area contributed by atoms with E-state index < -0.39 is 0 Å². The van der Waals surface area contributed by atoms with Crippen molar-refractivity contribution in [2.24, 2.45) is 0 Å². The van der Waals surface area contributed by atoms with Crippen molar-refractivity contribution in [3.05, 3.63) is 28.8 Å². The summed E-state index contributed by atoms with van der Waals surface area (Å²) in [6.07, 6.45) is 3.66. The number of piperidine rings is 1. The first kappa shape index (κ1) is 17.5. The van der Waals surface area contributed by atoms with Crippen LogP contribution in [0, 0.1) is 0 Å². The van der Waals surface area contributed by atoms with Gasteiger partial charge in [0.15, 0.2) is 0 Å². The smallest absolute Gasteiger partial charge is 0.227 e. The quantitative estimate of drug-likeness (QED) is 0.903. The van der Waals surface area contributed by atoms with Gasteiger partial charge in [0.1, 0.15) is 5.75 Å². The van der Waals surface area contributed by atoms with Crippen LogP contribution in [-0.2, 0) is 16.0 Å². The summed E-state index contributed by atoms with van der Waals surface area (Å²) in [7, 11) is 0. The maximum atomic E-state index is 12.8. The number of hydrogen-bond acceptors (Lipinski definition) is 4. The predicted octanol–water partition coefficient (Wildman–Crippen LogP) is 2.30. The molecule has 0 spiro atoms. The van der Waals surface area contributed by atoms with E-state index in [1.807, 2.05) is 4.90 Å². The average molecular weight is 353 g/mol. The van der Waals surface area contributed by atoms with Crippen LogP contribution in [-0.4, -0.2) is 66.2 Å². The highest BCUT2D eigenvalue weighted by atomic mass is 35.5. The van der Waals surface area contributed by atoms with Crippen molar-refractivity contribution in [3.8, 4) is 5.75 Å². The van der Waals surface area contributed by atoms with E-state index >= 15 is 0 Å². The lowest BCUT2D eigenvalue weighted by Crippen LogP contribution is -2.51. The summed E-state index contributed by atoms with van der Waals surface area (Å²) in [5.41, 5.74) is 0.846. The number of benzene rings is 1. The second-order valence-corrected chi connectivity index (χ2v) is 7.02. The summed E-state index contributed by atoms with van der Waals surface area (Å²) in [6, 6.07) is 5.28. The Balaban J connectivity index is 1.62. The molecule has 3 rings (SSSR count). The van der Waals surface area contributed by atoms with Crippen molar-refractivity contribution in [1.29, 1.82) is 0 Å². The van der Waals surface area contributed by atoms with Crippen LogP contribution in [0.1, 0.15) is 24.8 Å². The van der Waals surface area contributed by atoms with Gasteiger partial charge in [-0.2, -0.15) is 0 Å². The Bertz CT molecular complexity index is 575. The number of nitrogens with zero attached hydrogens (tertiary/aromatic N) is 2.